The lowest BCUT2D eigenvalue weighted by molar-refractivity contribution is 0.0693. The van der Waals surface area contributed by atoms with Crippen molar-refractivity contribution in [2.24, 2.45) is 0 Å². The minimum atomic E-state index is -0.375. The molecule has 0 aliphatic carbocycles. The van der Waals surface area contributed by atoms with Gasteiger partial charge in [-0.05, 0) is 37.1 Å². The van der Waals surface area contributed by atoms with Crippen molar-refractivity contribution in [3.63, 3.8) is 0 Å². The van der Waals surface area contributed by atoms with Crippen molar-refractivity contribution in [2.45, 2.75) is 26.3 Å². The third-order valence-electron chi connectivity index (χ3n) is 4.55. The van der Waals surface area contributed by atoms with E-state index in [2.05, 4.69) is 5.32 Å². The Morgan fingerprint density at radius 2 is 1.68 bits per heavy atom. The smallest absolute Gasteiger partial charge is 0.261 e. The van der Waals surface area contributed by atoms with E-state index in [1.807, 2.05) is 38.1 Å². The predicted octanol–water partition coefficient (Wildman–Crippen LogP) is 3.10. The van der Waals surface area contributed by atoms with Crippen LogP contribution in [0.1, 0.15) is 61.6 Å². The number of nitrogens with one attached hydrogen (secondary N) is 1. The Kier molecular flexibility index (Phi) is 4.40. The van der Waals surface area contributed by atoms with E-state index in [-0.39, 0.29) is 29.3 Å². The molecule has 1 heterocycles. The Labute approximate surface area is 146 Å². The van der Waals surface area contributed by atoms with Crippen LogP contribution in [0.4, 0.5) is 0 Å². The average molecular weight is 336 g/mol. The van der Waals surface area contributed by atoms with Crippen LogP contribution in [0.3, 0.4) is 0 Å². The van der Waals surface area contributed by atoms with Gasteiger partial charge in [0.2, 0.25) is 0 Å². The summed E-state index contributed by atoms with van der Waals surface area (Å²) in [5.74, 6) is -0.969. The molecule has 1 unspecified atom stereocenters. The lowest BCUT2D eigenvalue weighted by atomic mass is 10.0. The first-order valence-electron chi connectivity index (χ1n) is 8.26. The van der Waals surface area contributed by atoms with Crippen LogP contribution >= 0.6 is 0 Å². The Bertz CT molecular complexity index is 856. The lowest BCUT2D eigenvalue weighted by Crippen LogP contribution is -2.28. The Balaban J connectivity index is 1.83. The van der Waals surface area contributed by atoms with Gasteiger partial charge in [-0.15, -0.1) is 0 Å². The number of fused-ring (bicyclic) bond motifs is 1. The SMILES string of the molecule is CCC(NC(=O)c1ccc2c(c1)C(=O)N(C)C2=O)c1ccc(C)cc1. The van der Waals surface area contributed by atoms with Crippen LogP contribution in [-0.2, 0) is 0 Å². The van der Waals surface area contributed by atoms with Gasteiger partial charge in [-0.3, -0.25) is 19.3 Å². The van der Waals surface area contributed by atoms with Crippen molar-refractivity contribution in [1.29, 1.82) is 0 Å². The number of nitrogens with zero attached hydrogens (tertiary/aromatic N) is 1. The number of amides is 3. The number of hydrogen-bond acceptors (Lipinski definition) is 3. The maximum absolute atomic E-state index is 12.6. The highest BCUT2D eigenvalue weighted by Gasteiger charge is 2.33. The summed E-state index contributed by atoms with van der Waals surface area (Å²) in [6, 6.07) is 12.5. The van der Waals surface area contributed by atoms with Gasteiger partial charge in [-0.1, -0.05) is 36.8 Å². The Morgan fingerprint density at radius 1 is 1.04 bits per heavy atom. The molecule has 0 spiro atoms. The molecule has 2 aromatic rings. The van der Waals surface area contributed by atoms with Crippen LogP contribution in [0.2, 0.25) is 0 Å². The van der Waals surface area contributed by atoms with Crippen molar-refractivity contribution >= 4 is 17.7 Å². The molecule has 2 aromatic carbocycles. The summed E-state index contributed by atoms with van der Waals surface area (Å²) in [5, 5.41) is 3.00. The van der Waals surface area contributed by atoms with Gasteiger partial charge in [0.05, 0.1) is 17.2 Å². The van der Waals surface area contributed by atoms with Crippen molar-refractivity contribution in [3.05, 3.63) is 70.3 Å². The predicted molar refractivity (Wildman–Crippen MR) is 94.5 cm³/mol. The summed E-state index contributed by atoms with van der Waals surface area (Å²) in [4.78, 5) is 37.7. The third-order valence-corrected chi connectivity index (χ3v) is 4.55. The Morgan fingerprint density at radius 3 is 2.32 bits per heavy atom. The minimum Gasteiger partial charge on any atom is -0.345 e. The van der Waals surface area contributed by atoms with Gasteiger partial charge in [0.15, 0.2) is 0 Å². The first-order valence-corrected chi connectivity index (χ1v) is 8.26. The maximum Gasteiger partial charge on any atom is 0.261 e. The molecule has 5 heteroatoms. The monoisotopic (exact) mass is 336 g/mol. The van der Waals surface area contributed by atoms with Gasteiger partial charge in [-0.2, -0.15) is 0 Å². The van der Waals surface area contributed by atoms with Crippen LogP contribution in [-0.4, -0.2) is 29.7 Å². The third kappa shape index (κ3) is 3.05. The van der Waals surface area contributed by atoms with Crippen molar-refractivity contribution in [3.8, 4) is 0 Å². The zero-order valence-electron chi connectivity index (χ0n) is 14.5. The lowest BCUT2D eigenvalue weighted by Gasteiger charge is -2.18. The van der Waals surface area contributed by atoms with Crippen LogP contribution in [0.15, 0.2) is 42.5 Å². The van der Waals surface area contributed by atoms with E-state index in [4.69, 9.17) is 0 Å². The van der Waals surface area contributed by atoms with E-state index in [1.54, 1.807) is 12.1 Å². The molecule has 0 radical (unpaired) electrons. The standard InChI is InChI=1S/C20H20N2O3/c1-4-17(13-7-5-12(2)6-8-13)21-18(23)14-9-10-15-16(11-14)20(25)22(3)19(15)24/h5-11,17H,4H2,1-3H3,(H,21,23). The fourth-order valence-corrected chi connectivity index (χ4v) is 2.96. The number of benzene rings is 2. The number of rotatable bonds is 4. The van der Waals surface area contributed by atoms with E-state index in [1.165, 1.54) is 13.1 Å². The quantitative estimate of drug-likeness (QED) is 0.873. The molecule has 3 rings (SSSR count). The molecule has 0 aromatic heterocycles. The average Bonchev–Trinajstić information content (AvgIpc) is 2.84. The summed E-state index contributed by atoms with van der Waals surface area (Å²) in [6.45, 7) is 4.02. The summed E-state index contributed by atoms with van der Waals surface area (Å²) in [7, 11) is 1.44. The first kappa shape index (κ1) is 16.9. The molecular formula is C20H20N2O3. The van der Waals surface area contributed by atoms with Gasteiger partial charge in [0.1, 0.15) is 0 Å². The van der Waals surface area contributed by atoms with Crippen LogP contribution < -0.4 is 5.32 Å². The number of hydrogen-bond donors (Lipinski definition) is 1. The highest BCUT2D eigenvalue weighted by molar-refractivity contribution is 6.21. The van der Waals surface area contributed by atoms with Crippen LogP contribution in [0, 0.1) is 6.92 Å². The molecule has 25 heavy (non-hydrogen) atoms. The fourth-order valence-electron chi connectivity index (χ4n) is 2.96. The highest BCUT2D eigenvalue weighted by atomic mass is 16.2. The molecule has 0 bridgehead atoms. The highest BCUT2D eigenvalue weighted by Crippen LogP contribution is 2.23. The van der Waals surface area contributed by atoms with Gasteiger partial charge < -0.3 is 5.32 Å². The van der Waals surface area contributed by atoms with Crippen molar-refractivity contribution < 1.29 is 14.4 Å². The molecule has 0 fully saturated rings. The topological polar surface area (TPSA) is 66.5 Å². The normalized spacial score (nSPS) is 14.4. The van der Waals surface area contributed by atoms with E-state index in [9.17, 15) is 14.4 Å². The largest absolute Gasteiger partial charge is 0.345 e. The second-order valence-electron chi connectivity index (χ2n) is 6.27. The molecule has 0 saturated heterocycles. The van der Waals surface area contributed by atoms with E-state index < -0.39 is 0 Å². The molecule has 5 nitrogen and oxygen atoms in total. The zero-order chi connectivity index (χ0) is 18.1. The van der Waals surface area contributed by atoms with E-state index >= 15 is 0 Å². The number of aryl methyl sites for hydroxylation is 1. The van der Waals surface area contributed by atoms with E-state index in [0.29, 0.717) is 11.1 Å². The number of carbonyl (C=O) groups is 3. The van der Waals surface area contributed by atoms with Crippen molar-refractivity contribution in [2.75, 3.05) is 7.05 Å². The summed E-state index contributed by atoms with van der Waals surface area (Å²) in [6.07, 6.45) is 0.750. The minimum absolute atomic E-state index is 0.110. The number of carbonyl (C=O) groups excluding carboxylic acids is 3. The molecule has 1 N–H and O–H groups in total. The molecule has 3 amide bonds. The molecule has 0 saturated carbocycles. The molecule has 1 atom stereocenters. The fraction of sp³-hybridized carbons (Fsp3) is 0.250. The number of imide groups is 1. The summed E-state index contributed by atoms with van der Waals surface area (Å²) in [5.41, 5.74) is 3.20. The van der Waals surface area contributed by atoms with Crippen LogP contribution in [0.5, 0.6) is 0 Å². The van der Waals surface area contributed by atoms with Gasteiger partial charge in [-0.25, -0.2) is 0 Å². The second-order valence-corrected chi connectivity index (χ2v) is 6.27. The van der Waals surface area contributed by atoms with Gasteiger partial charge in [0.25, 0.3) is 17.7 Å². The first-order chi connectivity index (χ1) is 11.9. The van der Waals surface area contributed by atoms with Gasteiger partial charge >= 0.3 is 0 Å². The van der Waals surface area contributed by atoms with E-state index in [0.717, 1.165) is 22.4 Å². The maximum atomic E-state index is 12.6. The molecule has 128 valence electrons. The summed E-state index contributed by atoms with van der Waals surface area (Å²) >= 11 is 0. The summed E-state index contributed by atoms with van der Waals surface area (Å²) < 4.78 is 0. The molecule has 1 aliphatic rings. The Hall–Kier alpha value is -2.95. The molecule has 1 aliphatic heterocycles. The van der Waals surface area contributed by atoms with Gasteiger partial charge in [0, 0.05) is 12.6 Å². The van der Waals surface area contributed by atoms with Crippen molar-refractivity contribution in [1.82, 2.24) is 10.2 Å². The van der Waals surface area contributed by atoms with Crippen LogP contribution in [0.25, 0.3) is 0 Å². The molecular weight excluding hydrogens is 316 g/mol. The second kappa shape index (κ2) is 6.51. The zero-order valence-corrected chi connectivity index (χ0v) is 14.5.